The molecule has 2 aromatic heterocycles. The third-order valence-corrected chi connectivity index (χ3v) is 2.47. The van der Waals surface area contributed by atoms with Crippen LogP contribution in [0.4, 0.5) is 0 Å². The van der Waals surface area contributed by atoms with Crippen LogP contribution >= 0.6 is 0 Å². The van der Waals surface area contributed by atoms with E-state index in [1.807, 2.05) is 0 Å². The Morgan fingerprint density at radius 1 is 1.30 bits per heavy atom. The molecule has 0 saturated heterocycles. The summed E-state index contributed by atoms with van der Waals surface area (Å²) in [7, 11) is 2.89. The van der Waals surface area contributed by atoms with Gasteiger partial charge in [0, 0.05) is 12.1 Å². The molecule has 0 atom stereocenters. The van der Waals surface area contributed by atoms with Gasteiger partial charge in [0.2, 0.25) is 0 Å². The number of rotatable bonds is 4. The molecule has 8 heteroatoms. The molecule has 0 aliphatic carbocycles. The number of nitrogens with one attached hydrogen (secondary N) is 1. The molecule has 0 amide bonds. The minimum absolute atomic E-state index is 0.00871. The van der Waals surface area contributed by atoms with Crippen LogP contribution in [0.1, 0.15) is 10.5 Å². The van der Waals surface area contributed by atoms with Crippen LogP contribution in [0.3, 0.4) is 0 Å². The monoisotopic (exact) mass is 277 g/mol. The van der Waals surface area contributed by atoms with Gasteiger partial charge in [-0.15, -0.1) is 0 Å². The second-order valence-corrected chi connectivity index (χ2v) is 3.71. The number of aromatic carboxylic acids is 1. The summed E-state index contributed by atoms with van der Waals surface area (Å²) in [6, 6.07) is 2.44. The van der Waals surface area contributed by atoms with Crippen molar-refractivity contribution in [3.05, 3.63) is 34.4 Å². The average Bonchev–Trinajstić information content (AvgIpc) is 2.45. The first kappa shape index (κ1) is 13.5. The molecule has 0 aliphatic heterocycles. The number of methoxy groups -OCH3 is 2. The zero-order valence-electron chi connectivity index (χ0n) is 10.7. The molecule has 0 saturated carbocycles. The predicted octanol–water partition coefficient (Wildman–Crippen LogP) is 0.547. The van der Waals surface area contributed by atoms with E-state index in [1.165, 1.54) is 20.4 Å². The zero-order chi connectivity index (χ0) is 14.7. The largest absolute Gasteiger partial charge is 0.495 e. The van der Waals surface area contributed by atoms with E-state index in [4.69, 9.17) is 14.6 Å². The summed E-state index contributed by atoms with van der Waals surface area (Å²) >= 11 is 0. The van der Waals surface area contributed by atoms with Gasteiger partial charge < -0.3 is 19.6 Å². The van der Waals surface area contributed by atoms with Gasteiger partial charge in [-0.1, -0.05) is 0 Å². The van der Waals surface area contributed by atoms with E-state index in [1.54, 1.807) is 6.07 Å². The highest BCUT2D eigenvalue weighted by Crippen LogP contribution is 2.28. The van der Waals surface area contributed by atoms with E-state index in [9.17, 15) is 9.59 Å². The number of nitrogens with zero attached hydrogens (tertiary/aromatic N) is 2. The van der Waals surface area contributed by atoms with Crippen LogP contribution in [-0.2, 0) is 0 Å². The highest BCUT2D eigenvalue weighted by atomic mass is 16.5. The smallest absolute Gasteiger partial charge is 0.354 e. The molecule has 0 radical (unpaired) electrons. The van der Waals surface area contributed by atoms with Crippen molar-refractivity contribution in [1.82, 2.24) is 15.0 Å². The lowest BCUT2D eigenvalue weighted by Gasteiger charge is -2.08. The zero-order valence-corrected chi connectivity index (χ0v) is 10.7. The van der Waals surface area contributed by atoms with Gasteiger partial charge in [0.25, 0.3) is 5.56 Å². The molecule has 2 N–H and O–H groups in total. The number of H-pyrrole nitrogens is 1. The molecule has 2 heterocycles. The van der Waals surface area contributed by atoms with Crippen LogP contribution < -0.4 is 15.0 Å². The minimum Gasteiger partial charge on any atom is -0.495 e. The van der Waals surface area contributed by atoms with Crippen molar-refractivity contribution in [1.29, 1.82) is 0 Å². The molecule has 20 heavy (non-hydrogen) atoms. The summed E-state index contributed by atoms with van der Waals surface area (Å²) in [5.41, 5.74) is -0.746. The molecule has 0 fully saturated rings. The van der Waals surface area contributed by atoms with Crippen LogP contribution in [-0.4, -0.2) is 40.2 Å². The van der Waals surface area contributed by atoms with Gasteiger partial charge in [-0.2, -0.15) is 0 Å². The van der Waals surface area contributed by atoms with Crippen molar-refractivity contribution in [2.75, 3.05) is 14.2 Å². The van der Waals surface area contributed by atoms with E-state index in [0.29, 0.717) is 11.5 Å². The Morgan fingerprint density at radius 3 is 2.65 bits per heavy atom. The van der Waals surface area contributed by atoms with Crippen molar-refractivity contribution in [2.45, 2.75) is 0 Å². The number of hydrogen-bond donors (Lipinski definition) is 2. The van der Waals surface area contributed by atoms with E-state index in [2.05, 4.69) is 15.0 Å². The summed E-state index contributed by atoms with van der Waals surface area (Å²) in [5, 5.41) is 8.90. The second-order valence-electron chi connectivity index (χ2n) is 3.71. The fourth-order valence-electron chi connectivity index (χ4n) is 1.55. The number of hydrogen-bond acceptors (Lipinski definition) is 6. The number of aromatic nitrogens is 3. The molecular weight excluding hydrogens is 266 g/mol. The fourth-order valence-corrected chi connectivity index (χ4v) is 1.55. The maximum atomic E-state index is 11.5. The summed E-state index contributed by atoms with van der Waals surface area (Å²) in [5.74, 6) is -0.531. The van der Waals surface area contributed by atoms with Crippen LogP contribution in [0, 0.1) is 0 Å². The van der Waals surface area contributed by atoms with Gasteiger partial charge in [-0.3, -0.25) is 4.79 Å². The Balaban J connectivity index is 2.61. The van der Waals surface area contributed by atoms with Crippen molar-refractivity contribution in [2.24, 2.45) is 0 Å². The lowest BCUT2D eigenvalue weighted by molar-refractivity contribution is 0.0690. The van der Waals surface area contributed by atoms with Crippen LogP contribution in [0.2, 0.25) is 0 Å². The Labute approximate surface area is 113 Å². The number of carbonyl (C=O) groups is 1. The summed E-state index contributed by atoms with van der Waals surface area (Å²) in [6.45, 7) is 0. The molecule has 104 valence electrons. The van der Waals surface area contributed by atoms with E-state index >= 15 is 0 Å². The van der Waals surface area contributed by atoms with Gasteiger partial charge in [-0.25, -0.2) is 14.8 Å². The molecule has 0 bridgehead atoms. The Hall–Kier alpha value is -2.90. The van der Waals surface area contributed by atoms with E-state index < -0.39 is 11.5 Å². The Bertz CT molecular complexity index is 710. The third-order valence-electron chi connectivity index (χ3n) is 2.47. The van der Waals surface area contributed by atoms with Crippen molar-refractivity contribution in [3.63, 3.8) is 0 Å². The summed E-state index contributed by atoms with van der Waals surface area (Å²) < 4.78 is 10.1. The molecule has 0 aromatic carbocycles. The molecule has 8 nitrogen and oxygen atoms in total. The summed E-state index contributed by atoms with van der Waals surface area (Å²) in [4.78, 5) is 32.7. The number of carboxylic acid groups (broad SMARTS) is 1. The minimum atomic E-state index is -1.30. The molecule has 2 rings (SSSR count). The maximum Gasteiger partial charge on any atom is 0.354 e. The Morgan fingerprint density at radius 2 is 2.05 bits per heavy atom. The molecular formula is C12H11N3O5. The summed E-state index contributed by atoms with van der Waals surface area (Å²) in [6.07, 6.45) is 1.41. The molecule has 0 aliphatic rings. The van der Waals surface area contributed by atoms with Gasteiger partial charge in [0.05, 0.1) is 20.4 Å². The van der Waals surface area contributed by atoms with Crippen LogP contribution in [0.25, 0.3) is 11.5 Å². The number of carboxylic acids is 1. The first-order valence-electron chi connectivity index (χ1n) is 5.48. The van der Waals surface area contributed by atoms with Crippen molar-refractivity contribution in [3.8, 4) is 23.0 Å². The lowest BCUT2D eigenvalue weighted by Crippen LogP contribution is -2.14. The highest BCUT2D eigenvalue weighted by molar-refractivity contribution is 5.85. The SMILES string of the molecule is COc1cnc(-c2nc(C(=O)O)cc(=O)[nH]2)c(OC)c1. The fraction of sp³-hybridized carbons (Fsp3) is 0.167. The number of ether oxygens (including phenoxy) is 2. The van der Waals surface area contributed by atoms with Crippen molar-refractivity contribution < 1.29 is 19.4 Å². The average molecular weight is 277 g/mol. The van der Waals surface area contributed by atoms with Crippen LogP contribution in [0.15, 0.2) is 23.1 Å². The molecule has 0 spiro atoms. The second kappa shape index (κ2) is 5.39. The number of aromatic amines is 1. The van der Waals surface area contributed by atoms with Crippen LogP contribution in [0.5, 0.6) is 11.5 Å². The van der Waals surface area contributed by atoms with Gasteiger partial charge >= 0.3 is 5.97 Å². The molecule has 0 unspecified atom stereocenters. The Kier molecular flexibility index (Phi) is 3.65. The van der Waals surface area contributed by atoms with Gasteiger partial charge in [-0.05, 0) is 0 Å². The normalized spacial score (nSPS) is 10.1. The van der Waals surface area contributed by atoms with Gasteiger partial charge in [0.15, 0.2) is 17.3 Å². The maximum absolute atomic E-state index is 11.5. The van der Waals surface area contributed by atoms with Crippen molar-refractivity contribution >= 4 is 5.97 Å². The predicted molar refractivity (Wildman–Crippen MR) is 68.2 cm³/mol. The first-order chi connectivity index (χ1) is 9.55. The third kappa shape index (κ3) is 2.58. The quantitative estimate of drug-likeness (QED) is 0.838. The topological polar surface area (TPSA) is 114 Å². The van der Waals surface area contributed by atoms with E-state index in [-0.39, 0.29) is 17.2 Å². The lowest BCUT2D eigenvalue weighted by atomic mass is 10.3. The number of pyridine rings is 1. The first-order valence-corrected chi connectivity index (χ1v) is 5.48. The van der Waals surface area contributed by atoms with Gasteiger partial charge in [0.1, 0.15) is 11.4 Å². The standard InChI is InChI=1S/C12H11N3O5/c1-19-6-3-8(20-2)10(13-5-6)11-14-7(12(17)18)4-9(16)15-11/h3-5H,1-2H3,(H,17,18)(H,14,15,16). The molecule has 2 aromatic rings. The highest BCUT2D eigenvalue weighted by Gasteiger charge is 2.15. The van der Waals surface area contributed by atoms with E-state index in [0.717, 1.165) is 6.07 Å².